The Kier molecular flexibility index (Phi) is 1.97. The van der Waals surface area contributed by atoms with E-state index in [-0.39, 0.29) is 0 Å². The second-order valence-electron chi connectivity index (χ2n) is 6.86. The number of pyridine rings is 1. The van der Waals surface area contributed by atoms with Gasteiger partial charge in [0.05, 0.1) is 8.59 Å². The Balaban J connectivity index is 1.79. The maximum absolute atomic E-state index is 6.62. The molecule has 0 aromatic carbocycles. The average molecular weight is 372 g/mol. The molecular formula is C15H15ClIN. The molecule has 3 bridgehead atoms. The van der Waals surface area contributed by atoms with Gasteiger partial charge in [0, 0.05) is 17.8 Å². The first-order valence-corrected chi connectivity index (χ1v) is 8.48. The number of hydrogen-bond donors (Lipinski definition) is 0. The first kappa shape index (κ1) is 10.9. The highest BCUT2D eigenvalue weighted by Crippen LogP contribution is 2.76. The van der Waals surface area contributed by atoms with E-state index in [1.165, 1.54) is 43.4 Å². The van der Waals surface area contributed by atoms with Crippen LogP contribution in [0.15, 0.2) is 6.20 Å². The van der Waals surface area contributed by atoms with Gasteiger partial charge >= 0.3 is 0 Å². The topological polar surface area (TPSA) is 12.9 Å². The number of nitrogens with zero attached hydrogens (tertiary/aromatic N) is 1. The van der Waals surface area contributed by atoms with E-state index < -0.39 is 0 Å². The molecule has 5 rings (SSSR count). The Bertz CT molecular complexity index is 572. The van der Waals surface area contributed by atoms with Gasteiger partial charge < -0.3 is 0 Å². The van der Waals surface area contributed by atoms with Gasteiger partial charge in [0.15, 0.2) is 0 Å². The van der Waals surface area contributed by atoms with Crippen LogP contribution >= 0.6 is 34.2 Å². The number of rotatable bonds is 0. The Morgan fingerprint density at radius 1 is 1.17 bits per heavy atom. The normalized spacial score (nSPS) is 46.6. The molecule has 94 valence electrons. The second kappa shape index (κ2) is 3.25. The third-order valence-electron chi connectivity index (χ3n) is 6.42. The Hall–Kier alpha value is 0.170. The van der Waals surface area contributed by atoms with E-state index in [4.69, 9.17) is 16.6 Å². The average Bonchev–Trinajstić information content (AvgIpc) is 2.75. The van der Waals surface area contributed by atoms with E-state index in [0.717, 1.165) is 32.3 Å². The van der Waals surface area contributed by atoms with Gasteiger partial charge in [-0.25, -0.2) is 0 Å². The number of hydrogen-bond acceptors (Lipinski definition) is 1. The van der Waals surface area contributed by atoms with Crippen LogP contribution < -0.4 is 0 Å². The number of aromatic nitrogens is 1. The first-order chi connectivity index (χ1) is 8.69. The van der Waals surface area contributed by atoms with Crippen molar-refractivity contribution >= 4 is 34.2 Å². The largest absolute Gasteiger partial charge is 0.260 e. The zero-order valence-corrected chi connectivity index (χ0v) is 13.0. The van der Waals surface area contributed by atoms with Gasteiger partial charge in [-0.05, 0) is 83.4 Å². The van der Waals surface area contributed by atoms with Crippen molar-refractivity contribution in [3.63, 3.8) is 0 Å². The van der Waals surface area contributed by atoms with Crippen molar-refractivity contribution in [2.24, 2.45) is 17.3 Å². The lowest BCUT2D eigenvalue weighted by Crippen LogP contribution is -2.41. The Morgan fingerprint density at radius 3 is 2.72 bits per heavy atom. The van der Waals surface area contributed by atoms with E-state index in [2.05, 4.69) is 22.6 Å². The standard InChI is InChI=1S/C15H15ClIN/c16-13-11(17)6-18-14-8-2-10-3-9-1-7(12(13)14)4-15(9,10)5-8/h6-10H,1-5H2. The van der Waals surface area contributed by atoms with E-state index in [0.29, 0.717) is 5.41 Å². The summed E-state index contributed by atoms with van der Waals surface area (Å²) in [5.41, 5.74) is 3.53. The first-order valence-electron chi connectivity index (χ1n) is 7.03. The van der Waals surface area contributed by atoms with Crippen molar-refractivity contribution in [3.05, 3.63) is 26.0 Å². The molecule has 1 spiro atoms. The molecule has 0 radical (unpaired) electrons. The van der Waals surface area contributed by atoms with E-state index >= 15 is 0 Å². The zero-order chi connectivity index (χ0) is 12.1. The quantitative estimate of drug-likeness (QED) is 0.601. The lowest BCUT2D eigenvalue weighted by molar-refractivity contribution is 0.00321. The zero-order valence-electron chi connectivity index (χ0n) is 10.1. The molecule has 0 saturated heterocycles. The predicted molar refractivity (Wildman–Crippen MR) is 79.9 cm³/mol. The fraction of sp³-hybridized carbons (Fsp3) is 0.667. The van der Waals surface area contributed by atoms with E-state index in [1.807, 2.05) is 6.20 Å². The monoisotopic (exact) mass is 371 g/mol. The minimum atomic E-state index is 0.713. The van der Waals surface area contributed by atoms with Crippen LogP contribution in [0.1, 0.15) is 55.2 Å². The highest BCUT2D eigenvalue weighted by atomic mass is 127. The summed E-state index contributed by atoms with van der Waals surface area (Å²) < 4.78 is 1.14. The maximum Gasteiger partial charge on any atom is 0.0608 e. The van der Waals surface area contributed by atoms with Crippen LogP contribution in [0.3, 0.4) is 0 Å². The summed E-state index contributed by atoms with van der Waals surface area (Å²) in [5, 5.41) is 1.02. The van der Waals surface area contributed by atoms with Crippen LogP contribution in [-0.2, 0) is 0 Å². The van der Waals surface area contributed by atoms with Crippen molar-refractivity contribution in [2.75, 3.05) is 0 Å². The van der Waals surface area contributed by atoms with Crippen molar-refractivity contribution < 1.29 is 0 Å². The fourth-order valence-electron chi connectivity index (χ4n) is 5.80. The van der Waals surface area contributed by atoms with Crippen LogP contribution in [-0.4, -0.2) is 4.98 Å². The third kappa shape index (κ3) is 1.06. The smallest absolute Gasteiger partial charge is 0.0608 e. The predicted octanol–water partition coefficient (Wildman–Crippen LogP) is 4.73. The van der Waals surface area contributed by atoms with Crippen molar-refractivity contribution in [1.29, 1.82) is 0 Å². The molecule has 1 aromatic rings. The summed E-state index contributed by atoms with van der Waals surface area (Å²) in [4.78, 5) is 4.80. The third-order valence-corrected chi connectivity index (χ3v) is 7.96. The van der Waals surface area contributed by atoms with Crippen LogP contribution in [0.4, 0.5) is 0 Å². The van der Waals surface area contributed by atoms with Crippen LogP contribution in [0.5, 0.6) is 0 Å². The summed E-state index contributed by atoms with van der Waals surface area (Å²) >= 11 is 8.96. The molecule has 4 aliphatic carbocycles. The summed E-state index contributed by atoms with van der Waals surface area (Å²) in [5.74, 6) is 3.47. The van der Waals surface area contributed by atoms with Gasteiger partial charge in [0.2, 0.25) is 0 Å². The molecule has 3 fully saturated rings. The molecule has 1 heterocycles. The molecule has 0 N–H and O–H groups in total. The lowest BCUT2D eigenvalue weighted by Gasteiger charge is -2.48. The maximum atomic E-state index is 6.62. The Morgan fingerprint density at radius 2 is 1.89 bits per heavy atom. The van der Waals surface area contributed by atoms with Crippen LogP contribution in [0, 0.1) is 20.8 Å². The molecule has 1 aromatic heterocycles. The van der Waals surface area contributed by atoms with E-state index in [9.17, 15) is 0 Å². The highest BCUT2D eigenvalue weighted by Gasteiger charge is 2.66. The van der Waals surface area contributed by atoms with Crippen molar-refractivity contribution in [3.8, 4) is 0 Å². The summed E-state index contributed by atoms with van der Waals surface area (Å²) in [6.45, 7) is 0. The molecule has 1 nitrogen and oxygen atoms in total. The number of fused-ring (bicyclic) bond motifs is 5. The summed E-state index contributed by atoms with van der Waals surface area (Å²) in [7, 11) is 0. The SMILES string of the molecule is Clc1c(I)cnc2c1C1CC3CC4CC2CC43C1. The summed E-state index contributed by atoms with van der Waals surface area (Å²) in [6, 6.07) is 0. The second-order valence-corrected chi connectivity index (χ2v) is 8.40. The van der Waals surface area contributed by atoms with Crippen LogP contribution in [0.2, 0.25) is 5.02 Å². The minimum absolute atomic E-state index is 0.713. The Labute approximate surface area is 126 Å². The number of halogens is 2. The van der Waals surface area contributed by atoms with Crippen LogP contribution in [0.25, 0.3) is 0 Å². The van der Waals surface area contributed by atoms with Crippen molar-refractivity contribution in [1.82, 2.24) is 4.98 Å². The minimum Gasteiger partial charge on any atom is -0.260 e. The fourth-order valence-corrected chi connectivity index (χ4v) is 6.53. The molecule has 3 heteroatoms. The lowest BCUT2D eigenvalue weighted by atomic mass is 9.56. The molecule has 0 aliphatic heterocycles. The molecule has 0 amide bonds. The molecule has 18 heavy (non-hydrogen) atoms. The van der Waals surface area contributed by atoms with Gasteiger partial charge in [-0.3, -0.25) is 4.98 Å². The molecular weight excluding hydrogens is 357 g/mol. The van der Waals surface area contributed by atoms with Gasteiger partial charge in [0.25, 0.3) is 0 Å². The van der Waals surface area contributed by atoms with E-state index in [1.54, 1.807) is 0 Å². The van der Waals surface area contributed by atoms with Gasteiger partial charge in [0.1, 0.15) is 0 Å². The van der Waals surface area contributed by atoms with Gasteiger partial charge in [-0.2, -0.15) is 0 Å². The van der Waals surface area contributed by atoms with Crippen molar-refractivity contribution in [2.45, 2.75) is 43.9 Å². The van der Waals surface area contributed by atoms with Gasteiger partial charge in [-0.15, -0.1) is 0 Å². The summed E-state index contributed by atoms with van der Waals surface area (Å²) in [6.07, 6.45) is 9.08. The molecule has 5 unspecified atom stereocenters. The van der Waals surface area contributed by atoms with Gasteiger partial charge in [-0.1, -0.05) is 11.6 Å². The highest BCUT2D eigenvalue weighted by molar-refractivity contribution is 14.1. The molecule has 3 saturated carbocycles. The molecule has 5 atom stereocenters. The molecule has 4 aliphatic rings.